The molecule has 1 aromatic rings. The fourth-order valence-electron chi connectivity index (χ4n) is 2.90. The summed E-state index contributed by atoms with van der Waals surface area (Å²) in [4.78, 5) is 8.34. The number of nitrogens with two attached hydrogens (primary N) is 1. The van der Waals surface area contributed by atoms with E-state index in [0.717, 1.165) is 19.6 Å². The normalized spacial score (nSPS) is 24.7. The van der Waals surface area contributed by atoms with Crippen LogP contribution in [0.1, 0.15) is 36.8 Å². The summed E-state index contributed by atoms with van der Waals surface area (Å²) in [6.45, 7) is 7.35. The van der Waals surface area contributed by atoms with Crippen LogP contribution in [0.25, 0.3) is 0 Å². The molecule has 2 rings (SSSR count). The van der Waals surface area contributed by atoms with Crippen LogP contribution in [0.4, 0.5) is 0 Å². The lowest BCUT2D eigenvalue weighted by atomic mass is 10.0. The molecule has 0 saturated heterocycles. The Morgan fingerprint density at radius 1 is 1.53 bits per heavy atom. The van der Waals surface area contributed by atoms with Crippen LogP contribution in [-0.2, 0) is 6.54 Å². The molecular weight excluding hydrogens is 230 g/mol. The minimum absolute atomic E-state index is 0.687. The van der Waals surface area contributed by atoms with Crippen LogP contribution in [0.5, 0.6) is 0 Å². The van der Waals surface area contributed by atoms with Gasteiger partial charge in [-0.2, -0.15) is 0 Å². The van der Waals surface area contributed by atoms with E-state index in [2.05, 4.69) is 23.7 Å². The van der Waals surface area contributed by atoms with Gasteiger partial charge < -0.3 is 5.73 Å². The van der Waals surface area contributed by atoms with E-state index in [4.69, 9.17) is 5.73 Å². The molecule has 1 aromatic heterocycles. The topological polar surface area (TPSA) is 42.2 Å². The Labute approximate surface area is 108 Å². The van der Waals surface area contributed by atoms with E-state index in [9.17, 15) is 0 Å². The summed E-state index contributed by atoms with van der Waals surface area (Å²) in [5.74, 6) is 0.697. The van der Waals surface area contributed by atoms with Crippen molar-refractivity contribution in [1.82, 2.24) is 9.88 Å². The Hall–Kier alpha value is -0.450. The highest BCUT2D eigenvalue weighted by Gasteiger charge is 2.30. The second-order valence-electron chi connectivity index (χ2n) is 4.92. The lowest BCUT2D eigenvalue weighted by Crippen LogP contribution is -2.39. The van der Waals surface area contributed by atoms with Crippen LogP contribution in [0.2, 0.25) is 0 Å². The van der Waals surface area contributed by atoms with Gasteiger partial charge >= 0.3 is 0 Å². The average molecular weight is 253 g/mol. The van der Waals surface area contributed by atoms with Crippen molar-refractivity contribution in [3.05, 3.63) is 16.1 Å². The van der Waals surface area contributed by atoms with Crippen molar-refractivity contribution in [1.29, 1.82) is 0 Å². The molecule has 4 heteroatoms. The van der Waals surface area contributed by atoms with Crippen LogP contribution >= 0.6 is 11.3 Å². The molecule has 1 aliphatic rings. The lowest BCUT2D eigenvalue weighted by molar-refractivity contribution is 0.163. The zero-order valence-electron chi connectivity index (χ0n) is 10.9. The van der Waals surface area contributed by atoms with Crippen molar-refractivity contribution in [2.24, 2.45) is 11.7 Å². The molecule has 1 fully saturated rings. The van der Waals surface area contributed by atoms with Gasteiger partial charge in [0.15, 0.2) is 0 Å². The third kappa shape index (κ3) is 2.87. The van der Waals surface area contributed by atoms with E-state index < -0.39 is 0 Å². The summed E-state index contributed by atoms with van der Waals surface area (Å²) < 4.78 is 0. The molecule has 0 aliphatic heterocycles. The molecule has 17 heavy (non-hydrogen) atoms. The summed E-state index contributed by atoms with van der Waals surface area (Å²) in [7, 11) is 0. The van der Waals surface area contributed by atoms with Crippen molar-refractivity contribution in [2.75, 3.05) is 13.1 Å². The van der Waals surface area contributed by atoms with Gasteiger partial charge in [0.25, 0.3) is 0 Å². The second kappa shape index (κ2) is 5.94. The van der Waals surface area contributed by atoms with E-state index in [1.54, 1.807) is 11.3 Å². The van der Waals surface area contributed by atoms with Crippen molar-refractivity contribution in [3.8, 4) is 0 Å². The van der Waals surface area contributed by atoms with E-state index in [-0.39, 0.29) is 0 Å². The Morgan fingerprint density at radius 3 is 2.94 bits per heavy atom. The highest BCUT2D eigenvalue weighted by molar-refractivity contribution is 7.09. The quantitative estimate of drug-likeness (QED) is 0.876. The Morgan fingerprint density at radius 2 is 2.35 bits per heavy atom. The molecule has 0 bridgehead atoms. The molecule has 1 heterocycles. The van der Waals surface area contributed by atoms with E-state index >= 15 is 0 Å². The Kier molecular flexibility index (Phi) is 4.54. The molecule has 96 valence electrons. The smallest absolute Gasteiger partial charge is 0.0798 e. The van der Waals surface area contributed by atoms with Crippen molar-refractivity contribution in [3.63, 3.8) is 0 Å². The van der Waals surface area contributed by atoms with E-state index in [0.29, 0.717) is 12.0 Å². The largest absolute Gasteiger partial charge is 0.330 e. The minimum Gasteiger partial charge on any atom is -0.330 e. The van der Waals surface area contributed by atoms with Crippen molar-refractivity contribution < 1.29 is 0 Å². The molecule has 0 radical (unpaired) electrons. The van der Waals surface area contributed by atoms with Gasteiger partial charge in [0.2, 0.25) is 0 Å². The van der Waals surface area contributed by atoms with E-state index in [1.807, 2.05) is 5.51 Å². The summed E-state index contributed by atoms with van der Waals surface area (Å²) in [5.41, 5.74) is 9.03. The predicted octanol–water partition coefficient (Wildman–Crippen LogP) is 2.40. The number of rotatable bonds is 5. The van der Waals surface area contributed by atoms with Crippen LogP contribution in [0.15, 0.2) is 5.51 Å². The van der Waals surface area contributed by atoms with Crippen LogP contribution in [0.3, 0.4) is 0 Å². The maximum absolute atomic E-state index is 5.88. The van der Waals surface area contributed by atoms with Gasteiger partial charge in [-0.3, -0.25) is 4.90 Å². The van der Waals surface area contributed by atoms with Crippen molar-refractivity contribution >= 4 is 11.3 Å². The molecule has 1 aliphatic carbocycles. The zero-order valence-corrected chi connectivity index (χ0v) is 11.7. The number of aryl methyl sites for hydroxylation is 1. The van der Waals surface area contributed by atoms with Crippen molar-refractivity contribution in [2.45, 2.75) is 45.7 Å². The molecule has 2 N–H and O–H groups in total. The predicted molar refractivity (Wildman–Crippen MR) is 73.1 cm³/mol. The zero-order chi connectivity index (χ0) is 12.3. The minimum atomic E-state index is 0.687. The summed E-state index contributed by atoms with van der Waals surface area (Å²) in [5, 5.41) is 0. The third-order valence-corrected chi connectivity index (χ3v) is 4.91. The first-order valence-corrected chi connectivity index (χ1v) is 7.47. The molecule has 0 amide bonds. The number of hydrogen-bond acceptors (Lipinski definition) is 4. The number of hydrogen-bond donors (Lipinski definition) is 1. The van der Waals surface area contributed by atoms with Crippen LogP contribution < -0.4 is 5.73 Å². The van der Waals surface area contributed by atoms with Gasteiger partial charge in [0.05, 0.1) is 11.2 Å². The van der Waals surface area contributed by atoms with Gasteiger partial charge in [-0.1, -0.05) is 13.3 Å². The SMILES string of the molecule is CCN(Cc1scnc1C)C1CCCC1CN. The van der Waals surface area contributed by atoms with Gasteiger partial charge in [-0.05, 0) is 38.8 Å². The fourth-order valence-corrected chi connectivity index (χ4v) is 3.70. The monoisotopic (exact) mass is 253 g/mol. The Balaban J connectivity index is 2.03. The molecule has 0 aromatic carbocycles. The van der Waals surface area contributed by atoms with Crippen LogP contribution in [-0.4, -0.2) is 29.0 Å². The average Bonchev–Trinajstić information content (AvgIpc) is 2.95. The maximum Gasteiger partial charge on any atom is 0.0798 e. The highest BCUT2D eigenvalue weighted by atomic mass is 32.1. The molecule has 0 spiro atoms. The maximum atomic E-state index is 5.88. The number of nitrogens with zero attached hydrogens (tertiary/aromatic N) is 2. The summed E-state index contributed by atoms with van der Waals surface area (Å²) in [6.07, 6.45) is 3.96. The first-order chi connectivity index (χ1) is 8.26. The first-order valence-electron chi connectivity index (χ1n) is 6.59. The van der Waals surface area contributed by atoms with Gasteiger partial charge in [-0.25, -0.2) is 4.98 Å². The molecule has 3 nitrogen and oxygen atoms in total. The second-order valence-corrected chi connectivity index (χ2v) is 5.86. The molecule has 2 atom stereocenters. The fraction of sp³-hybridized carbons (Fsp3) is 0.769. The standard InChI is InChI=1S/C13H23N3S/c1-3-16(8-13-10(2)15-9-17-13)12-6-4-5-11(12)7-14/h9,11-12H,3-8,14H2,1-2H3. The van der Waals surface area contributed by atoms with Gasteiger partial charge in [0, 0.05) is 17.5 Å². The Bertz CT molecular complexity index is 350. The lowest BCUT2D eigenvalue weighted by Gasteiger charge is -2.31. The third-order valence-electron chi connectivity index (χ3n) is 3.99. The van der Waals surface area contributed by atoms with E-state index in [1.165, 1.54) is 29.8 Å². The van der Waals surface area contributed by atoms with Gasteiger partial charge in [-0.15, -0.1) is 11.3 Å². The highest BCUT2D eigenvalue weighted by Crippen LogP contribution is 2.30. The molecular formula is C13H23N3S. The first kappa shape index (κ1) is 13.0. The molecule has 1 saturated carbocycles. The number of aromatic nitrogens is 1. The van der Waals surface area contributed by atoms with Crippen LogP contribution in [0, 0.1) is 12.8 Å². The van der Waals surface area contributed by atoms with Gasteiger partial charge in [0.1, 0.15) is 0 Å². The summed E-state index contributed by atoms with van der Waals surface area (Å²) in [6, 6.07) is 0.687. The molecule has 2 unspecified atom stereocenters. The summed E-state index contributed by atoms with van der Waals surface area (Å²) >= 11 is 1.78. The number of thiazole rings is 1.